The Balaban J connectivity index is 4.00. The largest absolute Gasteiger partial charge is 0.452 e. The van der Waals surface area contributed by atoms with Crippen LogP contribution in [-0.2, 0) is 19.0 Å². The predicted octanol–water partition coefficient (Wildman–Crippen LogP) is 1.80. The van der Waals surface area contributed by atoms with Gasteiger partial charge in [-0.05, 0) is 25.4 Å². The molecule has 0 rings (SSSR count). The molecule has 0 aromatic rings. The van der Waals surface area contributed by atoms with Crippen molar-refractivity contribution in [2.24, 2.45) is 0 Å². The normalized spacial score (nSPS) is 12.6. The fourth-order valence-electron chi connectivity index (χ4n) is 0.798. The third-order valence-electron chi connectivity index (χ3n) is 1.48. The smallest absolute Gasteiger partial charge is 0.417 e. The van der Waals surface area contributed by atoms with Gasteiger partial charge in [0.25, 0.3) is 0 Å². The molecule has 0 amide bonds. The van der Waals surface area contributed by atoms with Gasteiger partial charge in [-0.2, -0.15) is 8.78 Å². The second kappa shape index (κ2) is 6.32. The van der Waals surface area contributed by atoms with E-state index in [1.54, 1.807) is 0 Å². The van der Waals surface area contributed by atoms with Crippen molar-refractivity contribution in [2.75, 3.05) is 26.9 Å². The van der Waals surface area contributed by atoms with E-state index in [4.69, 9.17) is 9.47 Å². The van der Waals surface area contributed by atoms with E-state index in [-0.39, 0.29) is 13.2 Å². The molecule has 0 aliphatic heterocycles. The molecule has 0 spiro atoms. The van der Waals surface area contributed by atoms with Gasteiger partial charge in [0.15, 0.2) is 0 Å². The standard InChI is InChI=1S/C9H15ClF2O4/c1-8(2,6-15-5-4-14-3)16-7(13)9(10,11)12/h4-6H2,1-3H3. The lowest BCUT2D eigenvalue weighted by molar-refractivity contribution is -0.179. The highest BCUT2D eigenvalue weighted by Gasteiger charge is 2.41. The summed E-state index contributed by atoms with van der Waals surface area (Å²) in [6, 6.07) is 0. The molecule has 96 valence electrons. The van der Waals surface area contributed by atoms with E-state index in [0.717, 1.165) is 0 Å². The van der Waals surface area contributed by atoms with Gasteiger partial charge >= 0.3 is 11.4 Å². The summed E-state index contributed by atoms with van der Waals surface area (Å²) in [5.41, 5.74) is -1.16. The lowest BCUT2D eigenvalue weighted by Crippen LogP contribution is -2.38. The number of carbonyl (C=O) groups is 1. The fourth-order valence-corrected chi connectivity index (χ4v) is 0.837. The molecule has 0 atom stereocenters. The summed E-state index contributed by atoms with van der Waals surface area (Å²) in [5.74, 6) is -1.78. The van der Waals surface area contributed by atoms with E-state index in [2.05, 4.69) is 16.3 Å². The lowest BCUT2D eigenvalue weighted by atomic mass is 10.1. The van der Waals surface area contributed by atoms with E-state index in [1.807, 2.05) is 0 Å². The zero-order valence-corrected chi connectivity index (χ0v) is 10.1. The number of hydrogen-bond acceptors (Lipinski definition) is 4. The van der Waals surface area contributed by atoms with E-state index < -0.39 is 17.0 Å². The van der Waals surface area contributed by atoms with Gasteiger partial charge < -0.3 is 14.2 Å². The zero-order valence-electron chi connectivity index (χ0n) is 9.39. The summed E-state index contributed by atoms with van der Waals surface area (Å²) < 4.78 is 38.9. The number of rotatable bonds is 7. The van der Waals surface area contributed by atoms with Gasteiger partial charge in [0.05, 0.1) is 19.8 Å². The number of esters is 1. The monoisotopic (exact) mass is 260 g/mol. The third-order valence-corrected chi connectivity index (χ3v) is 1.64. The molecule has 4 nitrogen and oxygen atoms in total. The lowest BCUT2D eigenvalue weighted by Gasteiger charge is -2.25. The molecule has 0 aliphatic rings. The van der Waals surface area contributed by atoms with Crippen LogP contribution < -0.4 is 0 Å². The van der Waals surface area contributed by atoms with E-state index in [9.17, 15) is 13.6 Å². The van der Waals surface area contributed by atoms with Crippen LogP contribution in [0.2, 0.25) is 0 Å². The molecule has 7 heteroatoms. The fraction of sp³-hybridized carbons (Fsp3) is 0.889. The van der Waals surface area contributed by atoms with Crippen molar-refractivity contribution in [3.8, 4) is 0 Å². The molecular formula is C9H15ClF2O4. The van der Waals surface area contributed by atoms with Crippen LogP contribution in [0.1, 0.15) is 13.8 Å². The molecule has 0 fully saturated rings. The Morgan fingerprint density at radius 1 is 1.31 bits per heavy atom. The average Bonchev–Trinajstić information content (AvgIpc) is 2.10. The Labute approximate surface area is 97.8 Å². The quantitative estimate of drug-likeness (QED) is 0.398. The van der Waals surface area contributed by atoms with Crippen LogP contribution in [0.5, 0.6) is 0 Å². The van der Waals surface area contributed by atoms with Crippen LogP contribution in [-0.4, -0.2) is 43.9 Å². The minimum atomic E-state index is -4.01. The Kier molecular flexibility index (Phi) is 6.14. The van der Waals surface area contributed by atoms with Gasteiger partial charge in [-0.15, -0.1) is 0 Å². The molecule has 16 heavy (non-hydrogen) atoms. The Hall–Kier alpha value is -0.460. The van der Waals surface area contributed by atoms with Crippen molar-refractivity contribution in [1.82, 2.24) is 0 Å². The van der Waals surface area contributed by atoms with Gasteiger partial charge in [-0.3, -0.25) is 0 Å². The van der Waals surface area contributed by atoms with Crippen LogP contribution in [0.4, 0.5) is 8.78 Å². The van der Waals surface area contributed by atoms with Crippen molar-refractivity contribution in [3.63, 3.8) is 0 Å². The number of methoxy groups -OCH3 is 1. The van der Waals surface area contributed by atoms with Crippen LogP contribution in [0.25, 0.3) is 0 Å². The number of ether oxygens (including phenoxy) is 3. The average molecular weight is 261 g/mol. The highest BCUT2D eigenvalue weighted by Crippen LogP contribution is 2.23. The summed E-state index contributed by atoms with van der Waals surface area (Å²) in [4.78, 5) is 10.8. The SMILES string of the molecule is COCCOCC(C)(C)OC(=O)C(F)(F)Cl. The van der Waals surface area contributed by atoms with Crippen molar-refractivity contribution >= 4 is 17.6 Å². The van der Waals surface area contributed by atoms with Crippen LogP contribution >= 0.6 is 11.6 Å². The molecule has 0 aromatic heterocycles. The summed E-state index contributed by atoms with van der Waals surface area (Å²) in [6.07, 6.45) is 0. The van der Waals surface area contributed by atoms with Gasteiger partial charge in [-0.25, -0.2) is 4.79 Å². The maximum atomic E-state index is 12.3. The third kappa shape index (κ3) is 6.92. The molecule has 0 saturated heterocycles. The van der Waals surface area contributed by atoms with Gasteiger partial charge in [0, 0.05) is 7.11 Å². The number of halogens is 3. The number of carbonyl (C=O) groups excluding carboxylic acids is 1. The van der Waals surface area contributed by atoms with Crippen LogP contribution in [0, 0.1) is 0 Å². The maximum absolute atomic E-state index is 12.3. The highest BCUT2D eigenvalue weighted by molar-refractivity contribution is 6.31. The van der Waals surface area contributed by atoms with Gasteiger partial charge in [0.1, 0.15) is 5.60 Å². The molecular weight excluding hydrogens is 246 g/mol. The predicted molar refractivity (Wildman–Crippen MR) is 53.7 cm³/mol. The van der Waals surface area contributed by atoms with Gasteiger partial charge in [0.2, 0.25) is 0 Å². The molecule has 0 heterocycles. The molecule has 0 N–H and O–H groups in total. The van der Waals surface area contributed by atoms with Crippen molar-refractivity contribution in [2.45, 2.75) is 24.8 Å². The van der Waals surface area contributed by atoms with E-state index >= 15 is 0 Å². The van der Waals surface area contributed by atoms with E-state index in [0.29, 0.717) is 6.61 Å². The summed E-state index contributed by atoms with van der Waals surface area (Å²) in [7, 11) is 1.50. The first-order valence-corrected chi connectivity index (χ1v) is 4.94. The summed E-state index contributed by atoms with van der Waals surface area (Å²) >= 11 is 4.50. The van der Waals surface area contributed by atoms with Crippen molar-refractivity contribution < 1.29 is 27.8 Å². The molecule has 0 saturated carbocycles. The first-order valence-electron chi connectivity index (χ1n) is 4.56. The van der Waals surface area contributed by atoms with Crippen LogP contribution in [0.15, 0.2) is 0 Å². The molecule has 0 bridgehead atoms. The Morgan fingerprint density at radius 3 is 2.31 bits per heavy atom. The minimum Gasteiger partial charge on any atom is -0.452 e. The Morgan fingerprint density at radius 2 is 1.88 bits per heavy atom. The van der Waals surface area contributed by atoms with E-state index in [1.165, 1.54) is 21.0 Å². The molecule has 0 aromatic carbocycles. The molecule has 0 unspecified atom stereocenters. The maximum Gasteiger partial charge on any atom is 0.417 e. The zero-order chi connectivity index (χ0) is 12.8. The van der Waals surface area contributed by atoms with Gasteiger partial charge in [-0.1, -0.05) is 0 Å². The minimum absolute atomic E-state index is 0.0188. The highest BCUT2D eigenvalue weighted by atomic mass is 35.5. The van der Waals surface area contributed by atoms with Crippen molar-refractivity contribution in [3.05, 3.63) is 0 Å². The van der Waals surface area contributed by atoms with Crippen molar-refractivity contribution in [1.29, 1.82) is 0 Å². The topological polar surface area (TPSA) is 44.8 Å². The first kappa shape index (κ1) is 15.5. The summed E-state index contributed by atoms with van der Waals surface area (Å²) in [5, 5.41) is -4.01. The Bertz CT molecular complexity index is 228. The molecule has 0 aliphatic carbocycles. The first-order chi connectivity index (χ1) is 7.19. The second-order valence-electron chi connectivity index (χ2n) is 3.69. The summed E-state index contributed by atoms with van der Waals surface area (Å²) in [6.45, 7) is 3.53. The van der Waals surface area contributed by atoms with Crippen LogP contribution in [0.3, 0.4) is 0 Å². The number of hydrogen-bond donors (Lipinski definition) is 0. The number of alkyl halides is 3. The molecule has 0 radical (unpaired) electrons. The second-order valence-corrected chi connectivity index (χ2v) is 4.17.